The summed E-state index contributed by atoms with van der Waals surface area (Å²) in [6.45, 7) is 11.7. The van der Waals surface area contributed by atoms with Crippen molar-refractivity contribution in [1.29, 1.82) is 0 Å². The second kappa shape index (κ2) is 8.00. The zero-order chi connectivity index (χ0) is 22.3. The van der Waals surface area contributed by atoms with Gasteiger partial charge in [-0.1, -0.05) is 6.07 Å². The molecule has 1 N–H and O–H groups in total. The van der Waals surface area contributed by atoms with Crippen molar-refractivity contribution in [3.63, 3.8) is 0 Å². The summed E-state index contributed by atoms with van der Waals surface area (Å²) in [6.07, 6.45) is -0.398. The maximum atomic E-state index is 12.7. The first-order chi connectivity index (χ1) is 14.6. The average molecular weight is 427 g/mol. The van der Waals surface area contributed by atoms with E-state index in [1.54, 1.807) is 11.0 Å². The molecule has 0 radical (unpaired) electrons. The molecule has 2 aliphatic heterocycles. The summed E-state index contributed by atoms with van der Waals surface area (Å²) in [4.78, 5) is 16.5. The van der Waals surface area contributed by atoms with Crippen LogP contribution in [-0.2, 0) is 9.47 Å². The zero-order valence-electron chi connectivity index (χ0n) is 18.8. The minimum absolute atomic E-state index is 0.0894. The highest BCUT2D eigenvalue weighted by Crippen LogP contribution is 2.33. The van der Waals surface area contributed by atoms with Crippen molar-refractivity contribution < 1.29 is 19.4 Å². The van der Waals surface area contributed by atoms with Gasteiger partial charge in [-0.05, 0) is 63.9 Å². The van der Waals surface area contributed by atoms with Gasteiger partial charge in [0.1, 0.15) is 11.4 Å². The summed E-state index contributed by atoms with van der Waals surface area (Å²) < 4.78 is 11.5. The first kappa shape index (κ1) is 21.4. The second-order valence-electron chi connectivity index (χ2n) is 9.31. The predicted molar refractivity (Wildman–Crippen MR) is 117 cm³/mol. The number of benzene rings is 1. The fourth-order valence-corrected chi connectivity index (χ4v) is 4.33. The van der Waals surface area contributed by atoms with Crippen molar-refractivity contribution in [3.8, 4) is 17.0 Å². The molecule has 4 rings (SSSR count). The van der Waals surface area contributed by atoms with Crippen LogP contribution < -0.4 is 4.90 Å². The third kappa shape index (κ3) is 4.44. The number of fused-ring (bicyclic) bond motifs is 1. The topological polar surface area (TPSA) is 88.0 Å². The average Bonchev–Trinajstić information content (AvgIpc) is 3.10. The molecule has 0 bridgehead atoms. The molecule has 1 amide bonds. The van der Waals surface area contributed by atoms with E-state index in [-0.39, 0.29) is 24.0 Å². The fraction of sp³-hybridized carbons (Fsp3) is 0.522. The molecule has 8 nitrogen and oxygen atoms in total. The van der Waals surface area contributed by atoms with E-state index in [0.29, 0.717) is 37.5 Å². The van der Waals surface area contributed by atoms with Crippen LogP contribution in [-0.4, -0.2) is 70.3 Å². The maximum absolute atomic E-state index is 12.7. The van der Waals surface area contributed by atoms with Crippen molar-refractivity contribution >= 4 is 11.9 Å². The molecule has 1 aromatic carbocycles. The number of carbonyl (C=O) groups is 1. The number of aromatic nitrogens is 2. The highest BCUT2D eigenvalue weighted by Gasteiger charge is 2.43. The van der Waals surface area contributed by atoms with Crippen LogP contribution in [0.1, 0.15) is 31.9 Å². The SMILES string of the molecule is Cc1cc(C)c(-c2ccc(N3C[C@@H]4[C@@H](C3)OCCN4C(=O)OC(C)(C)C)nn2)c(O)c1. The number of aryl methyl sites for hydroxylation is 2. The number of amides is 1. The van der Waals surface area contributed by atoms with E-state index in [4.69, 9.17) is 9.47 Å². The van der Waals surface area contributed by atoms with E-state index in [9.17, 15) is 9.90 Å². The van der Waals surface area contributed by atoms with Gasteiger partial charge in [0.15, 0.2) is 5.82 Å². The summed E-state index contributed by atoms with van der Waals surface area (Å²) in [7, 11) is 0. The van der Waals surface area contributed by atoms with Crippen molar-refractivity contribution in [3.05, 3.63) is 35.4 Å². The molecule has 31 heavy (non-hydrogen) atoms. The Morgan fingerprint density at radius 1 is 1.19 bits per heavy atom. The largest absolute Gasteiger partial charge is 0.507 e. The minimum atomic E-state index is -0.538. The lowest BCUT2D eigenvalue weighted by molar-refractivity contribution is -0.0567. The van der Waals surface area contributed by atoms with E-state index in [2.05, 4.69) is 15.1 Å². The van der Waals surface area contributed by atoms with Gasteiger partial charge in [-0.2, -0.15) is 0 Å². The number of ether oxygens (including phenoxy) is 2. The van der Waals surface area contributed by atoms with Gasteiger partial charge in [-0.3, -0.25) is 4.90 Å². The quantitative estimate of drug-likeness (QED) is 0.788. The Kier molecular flexibility index (Phi) is 5.51. The molecule has 0 unspecified atom stereocenters. The Bertz CT molecular complexity index is 948. The monoisotopic (exact) mass is 426 g/mol. The molecular weight excluding hydrogens is 396 g/mol. The van der Waals surface area contributed by atoms with Crippen LogP contribution in [0.15, 0.2) is 24.3 Å². The van der Waals surface area contributed by atoms with Crippen LogP contribution >= 0.6 is 0 Å². The third-order valence-corrected chi connectivity index (χ3v) is 5.62. The number of hydrogen-bond acceptors (Lipinski definition) is 7. The van der Waals surface area contributed by atoms with Gasteiger partial charge < -0.3 is 19.5 Å². The van der Waals surface area contributed by atoms with Gasteiger partial charge in [0.25, 0.3) is 0 Å². The van der Waals surface area contributed by atoms with Crippen LogP contribution in [0.3, 0.4) is 0 Å². The van der Waals surface area contributed by atoms with E-state index in [1.807, 2.05) is 52.8 Å². The number of phenols is 1. The summed E-state index contributed by atoms with van der Waals surface area (Å²) in [5.41, 5.74) is 2.73. The van der Waals surface area contributed by atoms with Gasteiger partial charge in [0.2, 0.25) is 0 Å². The summed E-state index contributed by atoms with van der Waals surface area (Å²) in [5, 5.41) is 19.1. The van der Waals surface area contributed by atoms with Crippen molar-refractivity contribution in [2.75, 3.05) is 31.1 Å². The number of hydrogen-bond donors (Lipinski definition) is 1. The molecule has 0 saturated carbocycles. The summed E-state index contributed by atoms with van der Waals surface area (Å²) in [5.74, 6) is 0.920. The van der Waals surface area contributed by atoms with Gasteiger partial charge in [0, 0.05) is 25.2 Å². The lowest BCUT2D eigenvalue weighted by Gasteiger charge is -2.37. The first-order valence-corrected chi connectivity index (χ1v) is 10.6. The van der Waals surface area contributed by atoms with Gasteiger partial charge in [-0.25, -0.2) is 4.79 Å². The number of phenolic OH excluding ortho intramolecular Hbond substituents is 1. The molecule has 8 heteroatoms. The van der Waals surface area contributed by atoms with Crippen LogP contribution in [0, 0.1) is 13.8 Å². The van der Waals surface area contributed by atoms with Crippen LogP contribution in [0.2, 0.25) is 0 Å². The molecule has 0 aliphatic carbocycles. The van der Waals surface area contributed by atoms with E-state index in [1.165, 1.54) is 0 Å². The Balaban J connectivity index is 1.51. The van der Waals surface area contributed by atoms with Crippen molar-refractivity contribution in [1.82, 2.24) is 15.1 Å². The van der Waals surface area contributed by atoms with Crippen molar-refractivity contribution in [2.45, 2.75) is 52.4 Å². The first-order valence-electron chi connectivity index (χ1n) is 10.6. The molecule has 2 atom stereocenters. The summed E-state index contributed by atoms with van der Waals surface area (Å²) >= 11 is 0. The minimum Gasteiger partial charge on any atom is -0.507 e. The van der Waals surface area contributed by atoms with E-state index in [0.717, 1.165) is 16.9 Å². The Morgan fingerprint density at radius 2 is 1.97 bits per heavy atom. The number of carbonyl (C=O) groups excluding carboxylic acids is 1. The van der Waals surface area contributed by atoms with Crippen molar-refractivity contribution in [2.24, 2.45) is 0 Å². The lowest BCUT2D eigenvalue weighted by atomic mass is 10.0. The number of anilines is 1. The molecule has 2 aliphatic rings. The Labute approximate surface area is 182 Å². The molecule has 2 saturated heterocycles. The number of aromatic hydroxyl groups is 1. The number of nitrogens with zero attached hydrogens (tertiary/aromatic N) is 4. The summed E-state index contributed by atoms with van der Waals surface area (Å²) in [6, 6.07) is 7.42. The molecule has 2 fully saturated rings. The smallest absolute Gasteiger partial charge is 0.410 e. The highest BCUT2D eigenvalue weighted by atomic mass is 16.6. The Morgan fingerprint density at radius 3 is 2.61 bits per heavy atom. The number of morpholine rings is 1. The third-order valence-electron chi connectivity index (χ3n) is 5.62. The van der Waals surface area contributed by atoms with Gasteiger partial charge in [0.05, 0.1) is 24.4 Å². The highest BCUT2D eigenvalue weighted by molar-refractivity contribution is 5.71. The molecule has 166 valence electrons. The maximum Gasteiger partial charge on any atom is 0.410 e. The molecule has 0 spiro atoms. The van der Waals surface area contributed by atoms with E-state index >= 15 is 0 Å². The molecule has 3 heterocycles. The zero-order valence-corrected chi connectivity index (χ0v) is 18.8. The van der Waals surface area contributed by atoms with Crippen LogP contribution in [0.25, 0.3) is 11.3 Å². The lowest BCUT2D eigenvalue weighted by Crippen LogP contribution is -2.54. The van der Waals surface area contributed by atoms with Gasteiger partial charge in [-0.15, -0.1) is 10.2 Å². The van der Waals surface area contributed by atoms with Crippen LogP contribution in [0.5, 0.6) is 5.75 Å². The predicted octanol–water partition coefficient (Wildman–Crippen LogP) is 3.29. The van der Waals surface area contributed by atoms with Crippen LogP contribution in [0.4, 0.5) is 10.6 Å². The molecule has 1 aromatic heterocycles. The number of rotatable bonds is 2. The standard InChI is InChI=1S/C23H30N4O4/c1-14-10-15(2)21(18(28)11-14)16-6-7-20(25-24-16)26-12-17-19(13-26)30-9-8-27(17)22(29)31-23(3,4)5/h6-7,10-11,17,19,28H,8-9,12-13H2,1-5H3/t17-,19-/m1/s1. The molecular formula is C23H30N4O4. The van der Waals surface area contributed by atoms with Gasteiger partial charge >= 0.3 is 6.09 Å². The fourth-order valence-electron chi connectivity index (χ4n) is 4.33. The van der Waals surface area contributed by atoms with E-state index < -0.39 is 5.60 Å². The molecule has 2 aromatic rings. The second-order valence-corrected chi connectivity index (χ2v) is 9.31. The Hall–Kier alpha value is -2.87. The normalized spacial score (nSPS) is 21.2.